The maximum Gasteiger partial charge on any atom is 0.229 e. The van der Waals surface area contributed by atoms with Crippen LogP contribution in [0.5, 0.6) is 5.75 Å². The van der Waals surface area contributed by atoms with Crippen LogP contribution in [0.4, 0.5) is 5.69 Å². The first-order valence-electron chi connectivity index (χ1n) is 7.67. The summed E-state index contributed by atoms with van der Waals surface area (Å²) in [6.45, 7) is 3.27. The van der Waals surface area contributed by atoms with Crippen LogP contribution in [0, 0.1) is 6.92 Å². The molecule has 1 heterocycles. The summed E-state index contributed by atoms with van der Waals surface area (Å²) in [6.07, 6.45) is 4.58. The predicted octanol–water partition coefficient (Wildman–Crippen LogP) is 3.13. The van der Waals surface area contributed by atoms with E-state index in [1.807, 2.05) is 32.0 Å². The van der Waals surface area contributed by atoms with Gasteiger partial charge < -0.3 is 9.64 Å². The number of aromatic nitrogens is 1. The van der Waals surface area contributed by atoms with Gasteiger partial charge in [-0.2, -0.15) is 0 Å². The molecular weight excluding hydrogens is 406 g/mol. The molecule has 0 saturated heterocycles. The molecule has 136 valence electrons. The van der Waals surface area contributed by atoms with Gasteiger partial charge in [-0.15, -0.1) is 0 Å². The lowest BCUT2D eigenvalue weighted by Crippen LogP contribution is -2.19. The molecule has 0 amide bonds. The van der Waals surface area contributed by atoms with E-state index >= 15 is 0 Å². The van der Waals surface area contributed by atoms with Gasteiger partial charge in [-0.1, -0.05) is 6.07 Å². The zero-order valence-electron chi connectivity index (χ0n) is 14.7. The molecule has 0 bridgehead atoms. The van der Waals surface area contributed by atoms with Gasteiger partial charge in [0.05, 0.1) is 10.7 Å². The molecule has 1 N–H and O–H groups in total. The Kier molecular flexibility index (Phi) is 6.42. The van der Waals surface area contributed by atoms with Gasteiger partial charge in [-0.25, -0.2) is 8.42 Å². The highest BCUT2D eigenvalue weighted by molar-refractivity contribution is 9.10. The molecule has 0 aliphatic rings. The molecule has 1 aromatic heterocycles. The lowest BCUT2D eigenvalue weighted by Gasteiger charge is -2.17. The van der Waals surface area contributed by atoms with E-state index in [9.17, 15) is 8.42 Å². The molecule has 2 rings (SSSR count). The third-order valence-corrected chi connectivity index (χ3v) is 4.63. The Morgan fingerprint density at radius 3 is 2.56 bits per heavy atom. The van der Waals surface area contributed by atoms with Crippen LogP contribution in [0.15, 0.2) is 35.1 Å². The van der Waals surface area contributed by atoms with E-state index in [4.69, 9.17) is 4.74 Å². The average Bonchev–Trinajstić information content (AvgIpc) is 2.47. The average molecular weight is 428 g/mol. The number of aryl methyl sites for hydroxylation is 1. The third kappa shape index (κ3) is 5.69. The Morgan fingerprint density at radius 2 is 1.96 bits per heavy atom. The second-order valence-electron chi connectivity index (χ2n) is 6.05. The molecule has 0 radical (unpaired) electrons. The SMILES string of the molecule is Cc1cc(NS(C)(=O)=O)ccc1-c1cncc(Br)c1OCCN(C)C. The van der Waals surface area contributed by atoms with Gasteiger partial charge in [0, 0.05) is 30.2 Å². The Morgan fingerprint density at radius 1 is 1.24 bits per heavy atom. The van der Waals surface area contributed by atoms with Crippen molar-refractivity contribution in [2.45, 2.75) is 6.92 Å². The summed E-state index contributed by atoms with van der Waals surface area (Å²) in [5.74, 6) is 0.726. The van der Waals surface area contributed by atoms with Crippen molar-refractivity contribution in [3.8, 4) is 16.9 Å². The van der Waals surface area contributed by atoms with Crippen molar-refractivity contribution in [3.63, 3.8) is 0 Å². The first-order chi connectivity index (χ1) is 11.7. The highest BCUT2D eigenvalue weighted by Crippen LogP contribution is 2.37. The molecule has 0 spiro atoms. The number of benzene rings is 1. The van der Waals surface area contributed by atoms with E-state index in [1.54, 1.807) is 24.5 Å². The zero-order chi connectivity index (χ0) is 18.6. The van der Waals surface area contributed by atoms with Gasteiger partial charge in [0.2, 0.25) is 10.0 Å². The number of likely N-dealkylation sites (N-methyl/N-ethyl adjacent to an activating group) is 1. The van der Waals surface area contributed by atoms with Crippen LogP contribution in [-0.2, 0) is 10.0 Å². The number of halogens is 1. The zero-order valence-corrected chi connectivity index (χ0v) is 17.1. The highest BCUT2D eigenvalue weighted by atomic mass is 79.9. The first-order valence-corrected chi connectivity index (χ1v) is 10.4. The summed E-state index contributed by atoms with van der Waals surface area (Å²) in [5, 5.41) is 0. The molecule has 6 nitrogen and oxygen atoms in total. The molecular formula is C17H22BrN3O3S. The quantitative estimate of drug-likeness (QED) is 0.734. The minimum absolute atomic E-state index is 0.529. The predicted molar refractivity (Wildman–Crippen MR) is 105 cm³/mol. The van der Waals surface area contributed by atoms with Gasteiger partial charge >= 0.3 is 0 Å². The van der Waals surface area contributed by atoms with Crippen molar-refractivity contribution in [2.75, 3.05) is 38.2 Å². The van der Waals surface area contributed by atoms with Gasteiger partial charge in [0.1, 0.15) is 12.4 Å². The van der Waals surface area contributed by atoms with E-state index in [0.29, 0.717) is 12.3 Å². The first kappa shape index (κ1) is 19.7. The van der Waals surface area contributed by atoms with Crippen LogP contribution in [0.1, 0.15) is 5.56 Å². The van der Waals surface area contributed by atoms with E-state index < -0.39 is 10.0 Å². The van der Waals surface area contributed by atoms with Crippen LogP contribution in [0.3, 0.4) is 0 Å². The summed E-state index contributed by atoms with van der Waals surface area (Å²) in [4.78, 5) is 6.29. The second kappa shape index (κ2) is 8.16. The van der Waals surface area contributed by atoms with Crippen LogP contribution in [0.25, 0.3) is 11.1 Å². The fourth-order valence-corrected chi connectivity index (χ4v) is 3.34. The molecule has 0 unspecified atom stereocenters. The van der Waals surface area contributed by atoms with Crippen molar-refractivity contribution in [3.05, 3.63) is 40.6 Å². The summed E-state index contributed by atoms with van der Waals surface area (Å²) >= 11 is 3.50. The van der Waals surface area contributed by atoms with Crippen molar-refractivity contribution >= 4 is 31.6 Å². The molecule has 25 heavy (non-hydrogen) atoms. The second-order valence-corrected chi connectivity index (χ2v) is 8.66. The Labute approximate surface area is 157 Å². The van der Waals surface area contributed by atoms with Gasteiger partial charge in [-0.3, -0.25) is 9.71 Å². The Balaban J connectivity index is 2.36. The number of hydrogen-bond donors (Lipinski definition) is 1. The lowest BCUT2D eigenvalue weighted by atomic mass is 10.0. The fraction of sp³-hybridized carbons (Fsp3) is 0.353. The van der Waals surface area contributed by atoms with Crippen molar-refractivity contribution in [1.82, 2.24) is 9.88 Å². The molecule has 0 aliphatic heterocycles. The standard InChI is InChI=1S/C17H22BrN3O3S/c1-12-9-13(20-25(4,22)23)5-6-14(12)15-10-19-11-16(18)17(15)24-8-7-21(2)3/h5-6,9-11,20H,7-8H2,1-4H3. The van der Waals surface area contributed by atoms with Crippen molar-refractivity contribution in [1.29, 1.82) is 0 Å². The Bertz CT molecular complexity index is 854. The van der Waals surface area contributed by atoms with E-state index in [-0.39, 0.29) is 0 Å². The molecule has 0 fully saturated rings. The minimum atomic E-state index is -3.31. The molecule has 0 aliphatic carbocycles. The van der Waals surface area contributed by atoms with Crippen LogP contribution in [0.2, 0.25) is 0 Å². The highest BCUT2D eigenvalue weighted by Gasteiger charge is 2.14. The van der Waals surface area contributed by atoms with Gasteiger partial charge in [-0.05, 0) is 60.2 Å². The third-order valence-electron chi connectivity index (χ3n) is 3.46. The monoisotopic (exact) mass is 427 g/mol. The van der Waals surface area contributed by atoms with Crippen molar-refractivity contribution < 1.29 is 13.2 Å². The fourth-order valence-electron chi connectivity index (χ4n) is 2.34. The van der Waals surface area contributed by atoms with Gasteiger partial charge in [0.15, 0.2) is 0 Å². The normalized spacial score (nSPS) is 11.6. The lowest BCUT2D eigenvalue weighted by molar-refractivity contribution is 0.261. The summed E-state index contributed by atoms with van der Waals surface area (Å²) < 4.78 is 32.0. The Hall–Kier alpha value is -1.64. The largest absolute Gasteiger partial charge is 0.490 e. The molecule has 8 heteroatoms. The van der Waals surface area contributed by atoms with Crippen LogP contribution < -0.4 is 9.46 Å². The van der Waals surface area contributed by atoms with E-state index in [1.165, 1.54) is 0 Å². The van der Waals surface area contributed by atoms with Crippen LogP contribution in [-0.4, -0.2) is 51.8 Å². The number of nitrogens with zero attached hydrogens (tertiary/aromatic N) is 2. The molecule has 2 aromatic rings. The number of ether oxygens (including phenoxy) is 1. The smallest absolute Gasteiger partial charge is 0.229 e. The molecule has 0 atom stereocenters. The number of rotatable bonds is 7. The number of sulfonamides is 1. The van der Waals surface area contributed by atoms with Crippen LogP contribution >= 0.6 is 15.9 Å². The molecule has 1 aromatic carbocycles. The van der Waals surface area contributed by atoms with E-state index in [0.717, 1.165) is 39.7 Å². The minimum Gasteiger partial charge on any atom is -0.490 e. The number of anilines is 1. The summed E-state index contributed by atoms with van der Waals surface area (Å²) in [5.41, 5.74) is 3.25. The topological polar surface area (TPSA) is 71.5 Å². The maximum absolute atomic E-state index is 11.4. The summed E-state index contributed by atoms with van der Waals surface area (Å²) in [7, 11) is 0.674. The van der Waals surface area contributed by atoms with Crippen molar-refractivity contribution in [2.24, 2.45) is 0 Å². The number of hydrogen-bond acceptors (Lipinski definition) is 5. The molecule has 0 saturated carbocycles. The summed E-state index contributed by atoms with van der Waals surface area (Å²) in [6, 6.07) is 5.39. The van der Waals surface area contributed by atoms with E-state index in [2.05, 4.69) is 25.6 Å². The maximum atomic E-state index is 11.4. The number of pyridine rings is 1. The van der Waals surface area contributed by atoms with Gasteiger partial charge in [0.25, 0.3) is 0 Å². The number of nitrogens with one attached hydrogen (secondary N) is 1.